The average molecular weight is 366 g/mol. The lowest BCUT2D eigenvalue weighted by molar-refractivity contribution is -0.117. The summed E-state index contributed by atoms with van der Waals surface area (Å²) in [5.41, 5.74) is 3.76. The number of hydrogen-bond acceptors (Lipinski definition) is 3. The summed E-state index contributed by atoms with van der Waals surface area (Å²) in [5.74, 6) is 0.412. The first-order chi connectivity index (χ1) is 13.2. The number of aromatic amines is 1. The lowest BCUT2D eigenvalue weighted by Gasteiger charge is -2.31. The summed E-state index contributed by atoms with van der Waals surface area (Å²) in [7, 11) is 0. The van der Waals surface area contributed by atoms with Gasteiger partial charge < -0.3 is 10.3 Å². The molecule has 0 spiro atoms. The van der Waals surface area contributed by atoms with Gasteiger partial charge in [0, 0.05) is 5.69 Å². The van der Waals surface area contributed by atoms with E-state index in [1.165, 1.54) is 17.7 Å². The first-order valence-electron chi connectivity index (χ1n) is 9.35. The molecular weight excluding hydrogens is 343 g/mol. The summed E-state index contributed by atoms with van der Waals surface area (Å²) in [6.45, 7) is 2.24. The first-order valence-corrected chi connectivity index (χ1v) is 9.35. The third-order valence-corrected chi connectivity index (χ3v) is 5.22. The molecule has 1 amide bonds. The summed E-state index contributed by atoms with van der Waals surface area (Å²) in [6.07, 6.45) is 4.74. The van der Waals surface area contributed by atoms with Gasteiger partial charge in [-0.3, -0.25) is 9.69 Å². The van der Waals surface area contributed by atoms with Gasteiger partial charge in [-0.25, -0.2) is 9.37 Å². The second-order valence-electron chi connectivity index (χ2n) is 7.23. The van der Waals surface area contributed by atoms with E-state index >= 15 is 0 Å². The Morgan fingerprint density at radius 1 is 1.19 bits per heavy atom. The molecule has 2 N–H and O–H groups in total. The summed E-state index contributed by atoms with van der Waals surface area (Å²) >= 11 is 0. The molecule has 6 heteroatoms. The second kappa shape index (κ2) is 7.88. The second-order valence-corrected chi connectivity index (χ2v) is 7.23. The number of aromatic nitrogens is 2. The van der Waals surface area contributed by atoms with Crippen LogP contribution in [0.5, 0.6) is 0 Å². The average Bonchev–Trinajstić information content (AvgIpc) is 3.13. The summed E-state index contributed by atoms with van der Waals surface area (Å²) in [4.78, 5) is 21.8. The number of hydrogen-bond donors (Lipinski definition) is 2. The van der Waals surface area contributed by atoms with Crippen LogP contribution in [0.15, 0.2) is 48.8 Å². The van der Waals surface area contributed by atoms with Crippen molar-refractivity contribution in [3.63, 3.8) is 0 Å². The van der Waals surface area contributed by atoms with Crippen LogP contribution >= 0.6 is 0 Å². The van der Waals surface area contributed by atoms with E-state index in [0.29, 0.717) is 12.5 Å². The van der Waals surface area contributed by atoms with Crippen LogP contribution in [0.3, 0.4) is 0 Å². The number of carbonyl (C=O) groups excluding carboxylic acids is 1. The van der Waals surface area contributed by atoms with E-state index in [2.05, 4.69) is 20.2 Å². The van der Waals surface area contributed by atoms with Crippen LogP contribution in [0.25, 0.3) is 11.0 Å². The van der Waals surface area contributed by atoms with Crippen molar-refractivity contribution in [3.8, 4) is 0 Å². The fraction of sp³-hybridized carbons (Fsp3) is 0.333. The molecule has 0 bridgehead atoms. The predicted octanol–water partition coefficient (Wildman–Crippen LogP) is 3.60. The number of piperidine rings is 1. The van der Waals surface area contributed by atoms with Gasteiger partial charge in [0.15, 0.2) is 0 Å². The van der Waals surface area contributed by atoms with Gasteiger partial charge in [0.2, 0.25) is 5.91 Å². The Labute approximate surface area is 157 Å². The summed E-state index contributed by atoms with van der Waals surface area (Å²) in [6, 6.07) is 12.4. The fourth-order valence-corrected chi connectivity index (χ4v) is 3.72. The minimum absolute atomic E-state index is 0.00542. The number of imidazole rings is 1. The molecule has 1 fully saturated rings. The molecule has 27 heavy (non-hydrogen) atoms. The van der Waals surface area contributed by atoms with Crippen molar-refractivity contribution in [1.82, 2.24) is 14.9 Å². The molecular formula is C21H23FN4O. The van der Waals surface area contributed by atoms with Crippen molar-refractivity contribution in [2.45, 2.75) is 19.3 Å². The molecule has 3 aromatic rings. The molecule has 2 aromatic carbocycles. The molecule has 0 atom stereocenters. The lowest BCUT2D eigenvalue weighted by Crippen LogP contribution is -2.39. The van der Waals surface area contributed by atoms with Crippen LogP contribution in [0, 0.1) is 11.7 Å². The first kappa shape index (κ1) is 17.7. The van der Waals surface area contributed by atoms with Gasteiger partial charge in [0.05, 0.1) is 23.9 Å². The van der Waals surface area contributed by atoms with Crippen LogP contribution in [-0.4, -0.2) is 40.4 Å². The standard InChI is InChI=1S/C21H23FN4O/c22-17-3-1-15(2-4-17)11-16-7-9-26(10-8-16)13-21(27)25-18-5-6-19-20(12-18)24-14-23-19/h1-6,12,14,16H,7-11,13H2,(H,23,24)(H,25,27). The topological polar surface area (TPSA) is 61.0 Å². The number of H-pyrrole nitrogens is 1. The zero-order chi connectivity index (χ0) is 18.6. The number of halogens is 1. The highest BCUT2D eigenvalue weighted by molar-refractivity contribution is 5.94. The van der Waals surface area contributed by atoms with Crippen molar-refractivity contribution >= 4 is 22.6 Å². The summed E-state index contributed by atoms with van der Waals surface area (Å²) < 4.78 is 13.0. The molecule has 4 rings (SSSR count). The van der Waals surface area contributed by atoms with Crippen LogP contribution < -0.4 is 5.32 Å². The molecule has 2 heterocycles. The van der Waals surface area contributed by atoms with Crippen molar-refractivity contribution in [1.29, 1.82) is 0 Å². The molecule has 0 saturated carbocycles. The van der Waals surface area contributed by atoms with Crippen LogP contribution in [0.2, 0.25) is 0 Å². The van der Waals surface area contributed by atoms with Gasteiger partial charge in [0.25, 0.3) is 0 Å². The molecule has 0 aliphatic carbocycles. The zero-order valence-corrected chi connectivity index (χ0v) is 15.1. The minimum atomic E-state index is -0.189. The molecule has 140 valence electrons. The number of anilines is 1. The van der Waals surface area contributed by atoms with E-state index in [-0.39, 0.29) is 11.7 Å². The van der Waals surface area contributed by atoms with Crippen molar-refractivity contribution in [2.75, 3.05) is 25.0 Å². The third kappa shape index (κ3) is 4.52. The van der Waals surface area contributed by atoms with Crippen molar-refractivity contribution in [3.05, 3.63) is 60.2 Å². The van der Waals surface area contributed by atoms with Crippen LogP contribution in [-0.2, 0) is 11.2 Å². The highest BCUT2D eigenvalue weighted by Crippen LogP contribution is 2.22. The minimum Gasteiger partial charge on any atom is -0.345 e. The van der Waals surface area contributed by atoms with Crippen LogP contribution in [0.1, 0.15) is 18.4 Å². The maximum Gasteiger partial charge on any atom is 0.238 e. The van der Waals surface area contributed by atoms with Gasteiger partial charge in [-0.2, -0.15) is 0 Å². The quantitative estimate of drug-likeness (QED) is 0.725. The molecule has 1 aliphatic heterocycles. The van der Waals surface area contributed by atoms with E-state index in [4.69, 9.17) is 0 Å². The maximum absolute atomic E-state index is 13.0. The summed E-state index contributed by atoms with van der Waals surface area (Å²) in [5, 5.41) is 2.96. The van der Waals surface area contributed by atoms with Gasteiger partial charge >= 0.3 is 0 Å². The van der Waals surface area contributed by atoms with Gasteiger partial charge in [-0.15, -0.1) is 0 Å². The monoisotopic (exact) mass is 366 g/mol. The zero-order valence-electron chi connectivity index (χ0n) is 15.1. The Hall–Kier alpha value is -2.73. The van der Waals surface area contributed by atoms with Crippen LogP contribution in [0.4, 0.5) is 10.1 Å². The van der Waals surface area contributed by atoms with Crippen molar-refractivity contribution < 1.29 is 9.18 Å². The Morgan fingerprint density at radius 3 is 2.74 bits per heavy atom. The number of amides is 1. The largest absolute Gasteiger partial charge is 0.345 e. The van der Waals surface area contributed by atoms with E-state index in [0.717, 1.165) is 49.1 Å². The Bertz CT molecular complexity index is 913. The normalized spacial score (nSPS) is 15.9. The number of benzene rings is 2. The smallest absolute Gasteiger partial charge is 0.238 e. The van der Waals surface area contributed by atoms with E-state index in [1.54, 1.807) is 6.33 Å². The molecule has 0 radical (unpaired) electrons. The number of carbonyl (C=O) groups is 1. The van der Waals surface area contributed by atoms with Gasteiger partial charge in [0.1, 0.15) is 5.82 Å². The van der Waals surface area contributed by atoms with Gasteiger partial charge in [-0.1, -0.05) is 12.1 Å². The number of rotatable bonds is 5. The lowest BCUT2D eigenvalue weighted by atomic mass is 9.90. The molecule has 1 saturated heterocycles. The van der Waals surface area contributed by atoms with E-state index in [9.17, 15) is 9.18 Å². The molecule has 5 nitrogen and oxygen atoms in total. The number of nitrogens with one attached hydrogen (secondary N) is 2. The number of likely N-dealkylation sites (tertiary alicyclic amines) is 1. The highest BCUT2D eigenvalue weighted by Gasteiger charge is 2.21. The van der Waals surface area contributed by atoms with Crippen molar-refractivity contribution in [2.24, 2.45) is 5.92 Å². The predicted molar refractivity (Wildman–Crippen MR) is 104 cm³/mol. The Morgan fingerprint density at radius 2 is 1.96 bits per heavy atom. The molecule has 1 aromatic heterocycles. The fourth-order valence-electron chi connectivity index (χ4n) is 3.72. The molecule has 1 aliphatic rings. The maximum atomic E-state index is 13.0. The van der Waals surface area contributed by atoms with E-state index < -0.39 is 0 Å². The SMILES string of the molecule is O=C(CN1CCC(Cc2ccc(F)cc2)CC1)Nc1ccc2nc[nH]c2c1. The van der Waals surface area contributed by atoms with Gasteiger partial charge in [-0.05, 0) is 74.2 Å². The highest BCUT2D eigenvalue weighted by atomic mass is 19.1. The molecule has 0 unspecified atom stereocenters. The number of fused-ring (bicyclic) bond motifs is 1. The van der Waals surface area contributed by atoms with E-state index in [1.807, 2.05) is 30.3 Å². The Kier molecular flexibility index (Phi) is 5.16. The Balaban J connectivity index is 1.24. The third-order valence-electron chi connectivity index (χ3n) is 5.22. The number of nitrogens with zero attached hydrogens (tertiary/aromatic N) is 2.